The van der Waals surface area contributed by atoms with Crippen molar-refractivity contribution in [3.05, 3.63) is 89.0 Å². The minimum atomic E-state index is -0.929. The molecule has 0 atom stereocenters. The average molecular weight is 454 g/mol. The molecule has 1 fully saturated rings. The number of hydrogen-bond acceptors (Lipinski definition) is 4. The first kappa shape index (κ1) is 22.8. The summed E-state index contributed by atoms with van der Waals surface area (Å²) in [6.45, 7) is 5.96. The molecule has 2 heterocycles. The maximum absolute atomic E-state index is 13.3. The number of carbonyl (C=O) groups excluding carboxylic acids is 1. The van der Waals surface area contributed by atoms with Crippen LogP contribution >= 0.6 is 0 Å². The third-order valence-electron chi connectivity index (χ3n) is 7.26. The van der Waals surface area contributed by atoms with E-state index >= 15 is 0 Å². The number of amides is 1. The minimum absolute atomic E-state index is 0.0710. The van der Waals surface area contributed by atoms with E-state index in [1.54, 1.807) is 0 Å². The van der Waals surface area contributed by atoms with Crippen LogP contribution < -0.4 is 11.2 Å². The largest absolute Gasteiger partial charge is 0.492 e. The molecule has 5 rings (SSSR count). The molecule has 0 spiro atoms. The summed E-state index contributed by atoms with van der Waals surface area (Å²) in [4.78, 5) is 15.3. The van der Waals surface area contributed by atoms with Gasteiger partial charge in [-0.25, -0.2) is 0 Å². The molecule has 1 amide bonds. The SMILES string of the molecule is CC1(C)OB(O)c2cc(-c3cccc(C(=O)N4CCC(c5cccc(CN)c5)CC4)c3)ccc21. The van der Waals surface area contributed by atoms with Crippen molar-refractivity contribution >= 4 is 18.5 Å². The summed E-state index contributed by atoms with van der Waals surface area (Å²) >= 11 is 0. The second-order valence-electron chi connectivity index (χ2n) is 9.88. The number of hydrogen-bond donors (Lipinski definition) is 2. The van der Waals surface area contributed by atoms with Crippen molar-refractivity contribution in [2.75, 3.05) is 13.1 Å². The van der Waals surface area contributed by atoms with Crippen LogP contribution in [0.3, 0.4) is 0 Å². The topological polar surface area (TPSA) is 75.8 Å². The molecule has 3 aromatic rings. The Hall–Kier alpha value is -2.93. The summed E-state index contributed by atoms with van der Waals surface area (Å²) in [5.74, 6) is 0.535. The second kappa shape index (κ2) is 9.03. The molecule has 3 N–H and O–H groups in total. The number of benzene rings is 3. The van der Waals surface area contributed by atoms with E-state index in [1.807, 2.05) is 61.2 Å². The third kappa shape index (κ3) is 4.29. The van der Waals surface area contributed by atoms with E-state index in [0.717, 1.165) is 53.6 Å². The number of likely N-dealkylation sites (tertiary alicyclic amines) is 1. The Morgan fingerprint density at radius 3 is 2.56 bits per heavy atom. The molecule has 2 aliphatic heterocycles. The van der Waals surface area contributed by atoms with Crippen LogP contribution in [0, 0.1) is 0 Å². The van der Waals surface area contributed by atoms with Gasteiger partial charge in [0.25, 0.3) is 5.91 Å². The Morgan fingerprint density at radius 1 is 1.06 bits per heavy atom. The molecular weight excluding hydrogens is 423 g/mol. The monoisotopic (exact) mass is 454 g/mol. The lowest BCUT2D eigenvalue weighted by molar-refractivity contribution is 0.0713. The summed E-state index contributed by atoms with van der Waals surface area (Å²) in [6, 6.07) is 22.3. The van der Waals surface area contributed by atoms with Gasteiger partial charge in [-0.1, -0.05) is 54.6 Å². The fourth-order valence-corrected chi connectivity index (χ4v) is 5.31. The number of carbonyl (C=O) groups is 1. The fraction of sp³-hybridized carbons (Fsp3) is 0.321. The van der Waals surface area contributed by atoms with Gasteiger partial charge in [-0.15, -0.1) is 0 Å². The lowest BCUT2D eigenvalue weighted by Crippen LogP contribution is -2.37. The zero-order valence-electron chi connectivity index (χ0n) is 19.8. The van der Waals surface area contributed by atoms with E-state index in [1.165, 1.54) is 5.56 Å². The first-order valence-electron chi connectivity index (χ1n) is 12.0. The van der Waals surface area contributed by atoms with Gasteiger partial charge in [-0.2, -0.15) is 0 Å². The Labute approximate surface area is 201 Å². The maximum atomic E-state index is 13.3. The highest BCUT2D eigenvalue weighted by Crippen LogP contribution is 2.33. The fourth-order valence-electron chi connectivity index (χ4n) is 5.31. The van der Waals surface area contributed by atoms with Crippen molar-refractivity contribution in [1.82, 2.24) is 4.90 Å². The van der Waals surface area contributed by atoms with Gasteiger partial charge in [0.15, 0.2) is 0 Å². The summed E-state index contributed by atoms with van der Waals surface area (Å²) < 4.78 is 5.69. The minimum Gasteiger partial charge on any atom is -0.423 e. The predicted octanol–water partition coefficient (Wildman–Crippen LogP) is 3.78. The normalized spacial score (nSPS) is 17.6. The van der Waals surface area contributed by atoms with E-state index in [-0.39, 0.29) is 5.91 Å². The highest BCUT2D eigenvalue weighted by atomic mass is 16.5. The Bertz CT molecular complexity index is 1220. The predicted molar refractivity (Wildman–Crippen MR) is 136 cm³/mol. The molecule has 34 heavy (non-hydrogen) atoms. The molecular formula is C28H31BN2O3. The van der Waals surface area contributed by atoms with Crippen LogP contribution in [-0.2, 0) is 16.8 Å². The van der Waals surface area contributed by atoms with Crippen molar-refractivity contribution in [3.63, 3.8) is 0 Å². The first-order valence-corrected chi connectivity index (χ1v) is 12.0. The molecule has 6 heteroatoms. The smallest absolute Gasteiger partial charge is 0.423 e. The number of fused-ring (bicyclic) bond motifs is 1. The molecule has 3 aromatic carbocycles. The van der Waals surface area contributed by atoms with Crippen LogP contribution in [0.15, 0.2) is 66.7 Å². The summed E-state index contributed by atoms with van der Waals surface area (Å²) in [6.07, 6.45) is 1.91. The van der Waals surface area contributed by atoms with Crippen molar-refractivity contribution in [1.29, 1.82) is 0 Å². The summed E-state index contributed by atoms with van der Waals surface area (Å²) in [7, 11) is -0.929. The van der Waals surface area contributed by atoms with E-state index < -0.39 is 12.7 Å². The number of piperidine rings is 1. The van der Waals surface area contributed by atoms with Crippen LogP contribution in [-0.4, -0.2) is 36.0 Å². The quantitative estimate of drug-likeness (QED) is 0.589. The van der Waals surface area contributed by atoms with Gasteiger partial charge in [0.2, 0.25) is 0 Å². The van der Waals surface area contributed by atoms with Crippen LogP contribution in [0.4, 0.5) is 0 Å². The molecule has 0 bridgehead atoms. The molecule has 5 nitrogen and oxygen atoms in total. The highest BCUT2D eigenvalue weighted by Gasteiger charge is 2.40. The average Bonchev–Trinajstić information content (AvgIpc) is 3.11. The molecule has 0 unspecified atom stereocenters. The van der Waals surface area contributed by atoms with Crippen LogP contribution in [0.25, 0.3) is 11.1 Å². The lowest BCUT2D eigenvalue weighted by Gasteiger charge is -2.32. The van der Waals surface area contributed by atoms with Gasteiger partial charge in [0.1, 0.15) is 0 Å². The van der Waals surface area contributed by atoms with Gasteiger partial charge >= 0.3 is 7.12 Å². The highest BCUT2D eigenvalue weighted by molar-refractivity contribution is 6.62. The van der Waals surface area contributed by atoms with Crippen molar-refractivity contribution < 1.29 is 14.5 Å². The van der Waals surface area contributed by atoms with E-state index in [4.69, 9.17) is 10.4 Å². The Balaban J connectivity index is 1.31. The standard InChI is InChI=1S/C28H31BN2O3/c1-28(2)25-10-9-23(17-26(25)29(33)34-28)22-7-4-8-24(16-22)27(32)31-13-11-20(12-14-31)21-6-3-5-19(15-21)18-30/h3-10,15-17,20,33H,11-14,18,30H2,1-2H3. The number of nitrogens with two attached hydrogens (primary N) is 1. The van der Waals surface area contributed by atoms with Crippen molar-refractivity contribution in [3.8, 4) is 11.1 Å². The van der Waals surface area contributed by atoms with Crippen LogP contribution in [0.1, 0.15) is 59.7 Å². The van der Waals surface area contributed by atoms with Crippen molar-refractivity contribution in [2.24, 2.45) is 5.73 Å². The zero-order valence-corrected chi connectivity index (χ0v) is 19.8. The first-order chi connectivity index (χ1) is 16.4. The zero-order chi connectivity index (χ0) is 23.9. The van der Waals surface area contributed by atoms with Gasteiger partial charge in [-0.05, 0) is 78.0 Å². The van der Waals surface area contributed by atoms with E-state index in [0.29, 0.717) is 18.0 Å². The lowest BCUT2D eigenvalue weighted by atomic mass is 9.77. The van der Waals surface area contributed by atoms with E-state index in [2.05, 4.69) is 24.3 Å². The van der Waals surface area contributed by atoms with Crippen LogP contribution in [0.2, 0.25) is 0 Å². The maximum Gasteiger partial charge on any atom is 0.492 e. The number of rotatable bonds is 4. The van der Waals surface area contributed by atoms with Crippen LogP contribution in [0.5, 0.6) is 0 Å². The molecule has 174 valence electrons. The Morgan fingerprint density at radius 2 is 1.79 bits per heavy atom. The van der Waals surface area contributed by atoms with Crippen molar-refractivity contribution in [2.45, 2.75) is 44.8 Å². The van der Waals surface area contributed by atoms with Gasteiger partial charge in [0.05, 0.1) is 5.60 Å². The third-order valence-corrected chi connectivity index (χ3v) is 7.26. The van der Waals surface area contributed by atoms with Gasteiger partial charge in [-0.3, -0.25) is 4.79 Å². The molecule has 0 aliphatic carbocycles. The summed E-state index contributed by atoms with van der Waals surface area (Å²) in [5.41, 5.74) is 12.2. The Kier molecular flexibility index (Phi) is 6.06. The molecule has 0 saturated carbocycles. The molecule has 2 aliphatic rings. The van der Waals surface area contributed by atoms with Gasteiger partial charge < -0.3 is 20.3 Å². The molecule has 0 radical (unpaired) electrons. The van der Waals surface area contributed by atoms with E-state index in [9.17, 15) is 9.82 Å². The van der Waals surface area contributed by atoms with Gasteiger partial charge in [0, 0.05) is 25.2 Å². The number of nitrogens with zero attached hydrogens (tertiary/aromatic N) is 1. The molecule has 1 saturated heterocycles. The molecule has 0 aromatic heterocycles. The second-order valence-corrected chi connectivity index (χ2v) is 9.88. The summed E-state index contributed by atoms with van der Waals surface area (Å²) in [5, 5.41) is 10.3.